The molecule has 102 valence electrons. The van der Waals surface area contributed by atoms with Crippen LogP contribution in [-0.4, -0.2) is 21.2 Å². The van der Waals surface area contributed by atoms with Crippen LogP contribution in [0.3, 0.4) is 0 Å². The van der Waals surface area contributed by atoms with E-state index in [9.17, 15) is 8.42 Å². The lowest BCUT2D eigenvalue weighted by Crippen LogP contribution is -2.26. The van der Waals surface area contributed by atoms with Crippen molar-refractivity contribution < 1.29 is 8.42 Å². The van der Waals surface area contributed by atoms with E-state index in [1.54, 1.807) is 11.3 Å². The zero-order valence-electron chi connectivity index (χ0n) is 11.0. The van der Waals surface area contributed by atoms with Gasteiger partial charge in [0.15, 0.2) is 0 Å². The second kappa shape index (κ2) is 5.86. The van der Waals surface area contributed by atoms with Crippen molar-refractivity contribution in [3.63, 3.8) is 0 Å². The summed E-state index contributed by atoms with van der Waals surface area (Å²) in [5, 5.41) is 2.06. The van der Waals surface area contributed by atoms with Gasteiger partial charge in [-0.3, -0.25) is 0 Å². The lowest BCUT2D eigenvalue weighted by molar-refractivity contribution is 0.581. The largest absolute Gasteiger partial charge is 0.215 e. The third-order valence-electron chi connectivity index (χ3n) is 2.94. The van der Waals surface area contributed by atoms with Gasteiger partial charge in [-0.05, 0) is 28.5 Å². The van der Waals surface area contributed by atoms with E-state index in [1.807, 2.05) is 13.0 Å². The van der Waals surface area contributed by atoms with Crippen LogP contribution < -0.4 is 4.72 Å². The summed E-state index contributed by atoms with van der Waals surface area (Å²) in [4.78, 5) is 1.24. The molecule has 1 aromatic carbocycles. The van der Waals surface area contributed by atoms with Crippen molar-refractivity contribution in [2.75, 3.05) is 12.8 Å². The van der Waals surface area contributed by atoms with Crippen LogP contribution in [0.25, 0.3) is 10.4 Å². The second-order valence-electron chi connectivity index (χ2n) is 4.62. The molecule has 0 amide bonds. The third-order valence-corrected chi connectivity index (χ3v) is 4.55. The summed E-state index contributed by atoms with van der Waals surface area (Å²) < 4.78 is 24.7. The van der Waals surface area contributed by atoms with Crippen LogP contribution in [-0.2, 0) is 10.0 Å². The molecule has 5 heteroatoms. The highest BCUT2D eigenvalue weighted by atomic mass is 32.2. The van der Waals surface area contributed by atoms with Gasteiger partial charge in [-0.15, -0.1) is 11.3 Å². The molecular formula is C14H17NO2S2. The minimum Gasteiger partial charge on any atom is -0.215 e. The van der Waals surface area contributed by atoms with Gasteiger partial charge in [0.1, 0.15) is 0 Å². The van der Waals surface area contributed by atoms with Gasteiger partial charge in [0.2, 0.25) is 10.0 Å². The highest BCUT2D eigenvalue weighted by Gasteiger charge is 2.09. The fourth-order valence-electron chi connectivity index (χ4n) is 1.81. The Kier molecular flexibility index (Phi) is 4.39. The van der Waals surface area contributed by atoms with Gasteiger partial charge in [-0.25, -0.2) is 13.1 Å². The van der Waals surface area contributed by atoms with Crippen LogP contribution in [0.4, 0.5) is 0 Å². The summed E-state index contributed by atoms with van der Waals surface area (Å²) in [5.41, 5.74) is 2.33. The number of benzene rings is 1. The number of nitrogens with one attached hydrogen (secondary N) is 1. The molecule has 0 aliphatic heterocycles. The van der Waals surface area contributed by atoms with Crippen molar-refractivity contribution in [3.8, 4) is 10.4 Å². The van der Waals surface area contributed by atoms with Crippen LogP contribution in [0, 0.1) is 0 Å². The van der Waals surface area contributed by atoms with Gasteiger partial charge in [0.05, 0.1) is 6.26 Å². The SMILES string of the molecule is CC(CNS(C)(=O)=O)c1ccc(-c2cccs2)cc1. The van der Waals surface area contributed by atoms with E-state index in [0.29, 0.717) is 6.54 Å². The summed E-state index contributed by atoms with van der Waals surface area (Å²) in [6, 6.07) is 12.4. The molecule has 0 radical (unpaired) electrons. The maximum atomic E-state index is 11.1. The Morgan fingerprint density at radius 2 is 1.89 bits per heavy atom. The minimum atomic E-state index is -3.12. The molecule has 0 fully saturated rings. The topological polar surface area (TPSA) is 46.2 Å². The highest BCUT2D eigenvalue weighted by Crippen LogP contribution is 2.26. The van der Waals surface area contributed by atoms with Gasteiger partial charge in [0, 0.05) is 11.4 Å². The van der Waals surface area contributed by atoms with E-state index >= 15 is 0 Å². The predicted octanol–water partition coefficient (Wildman–Crippen LogP) is 3.07. The Hall–Kier alpha value is -1.17. The first-order valence-electron chi connectivity index (χ1n) is 6.04. The van der Waals surface area contributed by atoms with Crippen molar-refractivity contribution in [1.82, 2.24) is 4.72 Å². The first kappa shape index (κ1) is 14.2. The van der Waals surface area contributed by atoms with Crippen molar-refractivity contribution in [1.29, 1.82) is 0 Å². The molecule has 0 bridgehead atoms. The molecular weight excluding hydrogens is 278 g/mol. The maximum Gasteiger partial charge on any atom is 0.208 e. The zero-order chi connectivity index (χ0) is 13.9. The molecule has 19 heavy (non-hydrogen) atoms. The van der Waals surface area contributed by atoms with Gasteiger partial charge >= 0.3 is 0 Å². The van der Waals surface area contributed by atoms with E-state index in [1.165, 1.54) is 16.7 Å². The fraction of sp³-hybridized carbons (Fsp3) is 0.286. The monoisotopic (exact) mass is 295 g/mol. The molecule has 1 unspecified atom stereocenters. The quantitative estimate of drug-likeness (QED) is 0.921. The van der Waals surface area contributed by atoms with E-state index < -0.39 is 10.0 Å². The summed E-state index contributed by atoms with van der Waals surface area (Å²) in [7, 11) is -3.12. The summed E-state index contributed by atoms with van der Waals surface area (Å²) in [6.07, 6.45) is 1.18. The second-order valence-corrected chi connectivity index (χ2v) is 7.40. The van der Waals surface area contributed by atoms with Crippen LogP contribution >= 0.6 is 11.3 Å². The first-order chi connectivity index (χ1) is 8.96. The molecule has 3 nitrogen and oxygen atoms in total. The number of thiophene rings is 1. The lowest BCUT2D eigenvalue weighted by Gasteiger charge is -2.12. The molecule has 1 N–H and O–H groups in total. The summed E-state index contributed by atoms with van der Waals surface area (Å²) >= 11 is 1.71. The lowest BCUT2D eigenvalue weighted by atomic mass is 10.00. The molecule has 2 aromatic rings. The van der Waals surface area contributed by atoms with Gasteiger partial charge in [0.25, 0.3) is 0 Å². The van der Waals surface area contributed by atoms with E-state index in [-0.39, 0.29) is 5.92 Å². The molecule has 1 aromatic heterocycles. The maximum absolute atomic E-state index is 11.1. The van der Waals surface area contributed by atoms with Gasteiger partial charge in [-0.2, -0.15) is 0 Å². The standard InChI is InChI=1S/C14H17NO2S2/c1-11(10-15-19(2,16)17)12-5-7-13(8-6-12)14-4-3-9-18-14/h3-9,11,15H,10H2,1-2H3. The van der Waals surface area contributed by atoms with Crippen molar-refractivity contribution in [3.05, 3.63) is 47.3 Å². The number of hydrogen-bond donors (Lipinski definition) is 1. The zero-order valence-corrected chi connectivity index (χ0v) is 12.6. The number of sulfonamides is 1. The first-order valence-corrected chi connectivity index (χ1v) is 8.81. The molecule has 0 saturated carbocycles. The Morgan fingerprint density at radius 3 is 2.42 bits per heavy atom. The smallest absolute Gasteiger partial charge is 0.208 e. The Bertz CT molecular complexity index is 616. The van der Waals surface area contributed by atoms with E-state index in [0.717, 1.165) is 5.56 Å². The van der Waals surface area contributed by atoms with Crippen molar-refractivity contribution in [2.24, 2.45) is 0 Å². The average molecular weight is 295 g/mol. The number of rotatable bonds is 5. The molecule has 0 aliphatic rings. The van der Waals surface area contributed by atoms with Crippen molar-refractivity contribution in [2.45, 2.75) is 12.8 Å². The van der Waals surface area contributed by atoms with Crippen LogP contribution in [0.5, 0.6) is 0 Å². The molecule has 0 spiro atoms. The highest BCUT2D eigenvalue weighted by molar-refractivity contribution is 7.88. The Morgan fingerprint density at radius 1 is 1.21 bits per heavy atom. The van der Waals surface area contributed by atoms with Crippen LogP contribution in [0.1, 0.15) is 18.4 Å². The Balaban J connectivity index is 2.06. The normalized spacial score (nSPS) is 13.4. The number of hydrogen-bond acceptors (Lipinski definition) is 3. The molecule has 2 rings (SSSR count). The third kappa shape index (κ3) is 4.16. The fourth-order valence-corrected chi connectivity index (χ4v) is 3.10. The molecule has 1 heterocycles. The van der Waals surface area contributed by atoms with E-state index in [2.05, 4.69) is 40.4 Å². The minimum absolute atomic E-state index is 0.159. The van der Waals surface area contributed by atoms with E-state index in [4.69, 9.17) is 0 Å². The molecule has 1 atom stereocenters. The predicted molar refractivity (Wildman–Crippen MR) is 81.0 cm³/mol. The Labute approximate surface area is 118 Å². The average Bonchev–Trinajstić information content (AvgIpc) is 2.89. The molecule has 0 saturated heterocycles. The molecule has 0 aliphatic carbocycles. The summed E-state index contributed by atoms with van der Waals surface area (Å²) in [6.45, 7) is 2.44. The van der Waals surface area contributed by atoms with Crippen LogP contribution in [0.15, 0.2) is 41.8 Å². The van der Waals surface area contributed by atoms with Crippen LogP contribution in [0.2, 0.25) is 0 Å². The summed E-state index contributed by atoms with van der Waals surface area (Å²) in [5.74, 6) is 0.159. The van der Waals surface area contributed by atoms with Crippen molar-refractivity contribution >= 4 is 21.4 Å². The van der Waals surface area contributed by atoms with Gasteiger partial charge in [-0.1, -0.05) is 37.3 Å². The van der Waals surface area contributed by atoms with Gasteiger partial charge < -0.3 is 0 Å².